The van der Waals surface area contributed by atoms with Crippen molar-refractivity contribution in [3.63, 3.8) is 0 Å². The van der Waals surface area contributed by atoms with E-state index in [9.17, 15) is 20.4 Å². The average molecular weight is 376 g/mol. The van der Waals surface area contributed by atoms with Crippen LogP contribution in [0, 0.1) is 13.8 Å². The van der Waals surface area contributed by atoms with Gasteiger partial charge in [-0.1, -0.05) is 35.4 Å². The van der Waals surface area contributed by atoms with Crippen molar-refractivity contribution in [2.24, 2.45) is 0 Å². The highest BCUT2D eigenvalue weighted by Crippen LogP contribution is 2.28. The van der Waals surface area contributed by atoms with Gasteiger partial charge < -0.3 is 29.9 Å². The van der Waals surface area contributed by atoms with Gasteiger partial charge in [-0.25, -0.2) is 0 Å². The van der Waals surface area contributed by atoms with Crippen molar-refractivity contribution in [1.29, 1.82) is 0 Å². The van der Waals surface area contributed by atoms with Crippen molar-refractivity contribution in [3.8, 4) is 11.5 Å². The molecule has 0 saturated carbocycles. The number of aliphatic hydroxyl groups is 4. The lowest BCUT2D eigenvalue weighted by Crippen LogP contribution is -2.10. The molecule has 0 aliphatic carbocycles. The third-order valence-electron chi connectivity index (χ3n) is 4.24. The zero-order valence-corrected chi connectivity index (χ0v) is 15.9. The monoisotopic (exact) mass is 376 g/mol. The van der Waals surface area contributed by atoms with Crippen molar-refractivity contribution in [1.82, 2.24) is 0 Å². The topological polar surface area (TPSA) is 99.4 Å². The van der Waals surface area contributed by atoms with Crippen LogP contribution in [0.1, 0.15) is 39.8 Å². The Morgan fingerprint density at radius 3 is 1.15 bits per heavy atom. The third kappa shape index (κ3) is 5.43. The van der Waals surface area contributed by atoms with E-state index in [2.05, 4.69) is 0 Å². The first-order valence-corrected chi connectivity index (χ1v) is 8.97. The van der Waals surface area contributed by atoms with Gasteiger partial charge in [0.1, 0.15) is 11.5 Å². The molecule has 2 aromatic rings. The zero-order chi connectivity index (χ0) is 19.8. The number of aliphatic hydroxyl groups excluding tert-OH is 4. The minimum Gasteiger partial charge on any atom is -0.493 e. The molecule has 27 heavy (non-hydrogen) atoms. The molecule has 2 rings (SSSR count). The molecule has 0 aliphatic heterocycles. The van der Waals surface area contributed by atoms with Gasteiger partial charge >= 0.3 is 0 Å². The van der Waals surface area contributed by atoms with E-state index < -0.39 is 0 Å². The van der Waals surface area contributed by atoms with E-state index in [1.807, 2.05) is 38.1 Å². The van der Waals surface area contributed by atoms with Gasteiger partial charge in [0.15, 0.2) is 0 Å². The largest absolute Gasteiger partial charge is 0.493 e. The van der Waals surface area contributed by atoms with Gasteiger partial charge in [0, 0.05) is 28.7 Å². The maximum Gasteiger partial charge on any atom is 0.130 e. The van der Waals surface area contributed by atoms with E-state index in [0.717, 1.165) is 11.1 Å². The molecule has 0 heterocycles. The van der Waals surface area contributed by atoms with Gasteiger partial charge in [0.25, 0.3) is 0 Å². The summed E-state index contributed by atoms with van der Waals surface area (Å²) in [5.41, 5.74) is 4.47. The smallest absolute Gasteiger partial charge is 0.130 e. The molecule has 4 N–H and O–H groups in total. The van der Waals surface area contributed by atoms with E-state index in [-0.39, 0.29) is 26.4 Å². The summed E-state index contributed by atoms with van der Waals surface area (Å²) in [6, 6.07) is 7.33. The van der Waals surface area contributed by atoms with Gasteiger partial charge in [-0.05, 0) is 13.8 Å². The minimum atomic E-state index is -0.163. The summed E-state index contributed by atoms with van der Waals surface area (Å²) in [5, 5.41) is 38.1. The number of aryl methyl sites for hydroxylation is 2. The molecule has 6 heteroatoms. The molecule has 0 saturated heterocycles. The van der Waals surface area contributed by atoms with E-state index in [0.29, 0.717) is 53.4 Å². The molecule has 0 bridgehead atoms. The van der Waals surface area contributed by atoms with Gasteiger partial charge in [-0.3, -0.25) is 0 Å². The Hall–Kier alpha value is -2.12. The molecule has 0 unspecified atom stereocenters. The fourth-order valence-corrected chi connectivity index (χ4v) is 3.11. The van der Waals surface area contributed by atoms with Gasteiger partial charge in [0.05, 0.1) is 39.6 Å². The molecule has 0 aliphatic rings. The van der Waals surface area contributed by atoms with E-state index in [1.54, 1.807) is 0 Å². The lowest BCUT2D eigenvalue weighted by atomic mass is 10.1. The van der Waals surface area contributed by atoms with Crippen molar-refractivity contribution in [3.05, 3.63) is 57.6 Å². The van der Waals surface area contributed by atoms with Crippen LogP contribution in [0.2, 0.25) is 0 Å². The van der Waals surface area contributed by atoms with Crippen LogP contribution in [0.4, 0.5) is 0 Å². The molecule has 0 fully saturated rings. The van der Waals surface area contributed by atoms with Crippen LogP contribution in [-0.2, 0) is 26.4 Å². The molecular weight excluding hydrogens is 348 g/mol. The molecule has 0 spiro atoms. The number of rotatable bonds is 10. The first kappa shape index (κ1) is 21.2. The summed E-state index contributed by atoms with van der Waals surface area (Å²) < 4.78 is 11.6. The average Bonchev–Trinajstić information content (AvgIpc) is 2.68. The normalized spacial score (nSPS) is 10.9. The summed E-state index contributed by atoms with van der Waals surface area (Å²) in [6.07, 6.45) is 0.563. The maximum atomic E-state index is 9.52. The molecular formula is C21H28O6. The quantitative estimate of drug-likeness (QED) is 0.474. The zero-order valence-electron chi connectivity index (χ0n) is 15.9. The molecule has 2 aromatic carbocycles. The highest BCUT2D eigenvalue weighted by atomic mass is 16.5. The van der Waals surface area contributed by atoms with Crippen LogP contribution < -0.4 is 9.47 Å². The van der Waals surface area contributed by atoms with Crippen LogP contribution in [0.3, 0.4) is 0 Å². The highest BCUT2D eigenvalue weighted by molar-refractivity contribution is 5.45. The Balaban J connectivity index is 1.98. The number of hydrogen-bond acceptors (Lipinski definition) is 6. The van der Waals surface area contributed by atoms with E-state index in [1.165, 1.54) is 0 Å². The Morgan fingerprint density at radius 1 is 0.593 bits per heavy atom. The van der Waals surface area contributed by atoms with Crippen LogP contribution in [0.15, 0.2) is 24.3 Å². The standard InChI is InChI=1S/C21H28O6/c1-14-6-16(10-22)20(17(7-14)11-23)26-4-3-5-27-21-18(12-24)8-15(2)9-19(21)13-25/h6-9,22-25H,3-5,10-13H2,1-2H3. The highest BCUT2D eigenvalue weighted by Gasteiger charge is 2.12. The van der Waals surface area contributed by atoms with Crippen molar-refractivity contribution < 1.29 is 29.9 Å². The molecule has 0 atom stereocenters. The van der Waals surface area contributed by atoms with Gasteiger partial charge in [-0.2, -0.15) is 0 Å². The Labute approximate surface area is 159 Å². The predicted octanol–water partition coefficient (Wildman–Crippen LogP) is 2.12. The molecule has 0 amide bonds. The summed E-state index contributed by atoms with van der Waals surface area (Å²) in [4.78, 5) is 0. The summed E-state index contributed by atoms with van der Waals surface area (Å²) in [7, 11) is 0. The summed E-state index contributed by atoms with van der Waals surface area (Å²) in [5.74, 6) is 1.01. The van der Waals surface area contributed by atoms with Crippen molar-refractivity contribution >= 4 is 0 Å². The fraction of sp³-hybridized carbons (Fsp3) is 0.429. The summed E-state index contributed by atoms with van der Waals surface area (Å²) >= 11 is 0. The SMILES string of the molecule is Cc1cc(CO)c(OCCCOc2c(CO)cc(C)cc2CO)c(CO)c1. The molecule has 0 aromatic heterocycles. The van der Waals surface area contributed by atoms with Crippen molar-refractivity contribution in [2.45, 2.75) is 46.7 Å². The third-order valence-corrected chi connectivity index (χ3v) is 4.24. The Morgan fingerprint density at radius 2 is 0.889 bits per heavy atom. The van der Waals surface area contributed by atoms with Gasteiger partial charge in [-0.15, -0.1) is 0 Å². The minimum absolute atomic E-state index is 0.163. The first-order chi connectivity index (χ1) is 13.0. The predicted molar refractivity (Wildman–Crippen MR) is 102 cm³/mol. The van der Waals surface area contributed by atoms with Crippen LogP contribution in [0.25, 0.3) is 0 Å². The number of hydrogen-bond donors (Lipinski definition) is 4. The van der Waals surface area contributed by atoms with E-state index in [4.69, 9.17) is 9.47 Å². The second kappa shape index (κ2) is 10.3. The Kier molecular flexibility index (Phi) is 8.06. The number of ether oxygens (including phenoxy) is 2. The molecule has 148 valence electrons. The fourth-order valence-electron chi connectivity index (χ4n) is 3.11. The van der Waals surface area contributed by atoms with Crippen LogP contribution >= 0.6 is 0 Å². The Bertz CT molecular complexity index is 643. The van der Waals surface area contributed by atoms with Crippen molar-refractivity contribution in [2.75, 3.05) is 13.2 Å². The lowest BCUT2D eigenvalue weighted by molar-refractivity contribution is 0.216. The maximum absolute atomic E-state index is 9.52. The second-order valence-electron chi connectivity index (χ2n) is 6.51. The van der Waals surface area contributed by atoms with Crippen LogP contribution in [0.5, 0.6) is 11.5 Å². The first-order valence-electron chi connectivity index (χ1n) is 8.97. The second-order valence-corrected chi connectivity index (χ2v) is 6.51. The van der Waals surface area contributed by atoms with E-state index >= 15 is 0 Å². The molecule has 6 nitrogen and oxygen atoms in total. The van der Waals surface area contributed by atoms with Crippen LogP contribution in [-0.4, -0.2) is 33.6 Å². The lowest BCUT2D eigenvalue weighted by Gasteiger charge is -2.17. The van der Waals surface area contributed by atoms with Gasteiger partial charge in [0.2, 0.25) is 0 Å². The molecule has 0 radical (unpaired) electrons. The summed E-state index contributed by atoms with van der Waals surface area (Å²) in [6.45, 7) is 3.83. The number of benzene rings is 2.